The lowest BCUT2D eigenvalue weighted by Crippen LogP contribution is -1.92. The molecule has 28 heavy (non-hydrogen) atoms. The zero-order chi connectivity index (χ0) is 20.1. The van der Waals surface area contributed by atoms with Gasteiger partial charge in [-0.05, 0) is 39.7 Å². The minimum atomic E-state index is -0.479. The number of nitrogens with zero attached hydrogens (tertiary/aromatic N) is 3. The SMILES string of the molecule is O=[N+]([O-])c1cccc(CO/N=C/c2ccc(-c3ccc([N+](=O)[O-])cc3Br)o2)c1. The molecule has 0 unspecified atom stereocenters. The molecular formula is C18H12BrN3O6. The van der Waals surface area contributed by atoms with Crippen LogP contribution < -0.4 is 0 Å². The lowest BCUT2D eigenvalue weighted by atomic mass is 10.1. The normalized spacial score (nSPS) is 10.9. The number of hydrogen-bond donors (Lipinski definition) is 0. The molecule has 2 aromatic carbocycles. The lowest BCUT2D eigenvalue weighted by molar-refractivity contribution is -0.385. The molecule has 142 valence electrons. The van der Waals surface area contributed by atoms with Crippen molar-refractivity contribution in [2.24, 2.45) is 5.16 Å². The highest BCUT2D eigenvalue weighted by Crippen LogP contribution is 2.32. The van der Waals surface area contributed by atoms with E-state index in [0.29, 0.717) is 27.1 Å². The molecule has 0 N–H and O–H groups in total. The maximum atomic E-state index is 10.8. The minimum absolute atomic E-state index is 0.0190. The van der Waals surface area contributed by atoms with Crippen LogP contribution in [0.1, 0.15) is 11.3 Å². The van der Waals surface area contributed by atoms with Crippen molar-refractivity contribution in [3.63, 3.8) is 0 Å². The average molecular weight is 446 g/mol. The second kappa shape index (κ2) is 8.44. The van der Waals surface area contributed by atoms with Gasteiger partial charge in [0.1, 0.15) is 24.3 Å². The average Bonchev–Trinajstić information content (AvgIpc) is 3.14. The number of nitro groups is 2. The second-order valence-corrected chi connectivity index (χ2v) is 6.41. The molecule has 3 rings (SSSR count). The molecule has 0 spiro atoms. The highest BCUT2D eigenvalue weighted by Gasteiger charge is 2.13. The number of rotatable bonds is 7. The Morgan fingerprint density at radius 3 is 2.50 bits per heavy atom. The summed E-state index contributed by atoms with van der Waals surface area (Å²) >= 11 is 3.30. The summed E-state index contributed by atoms with van der Waals surface area (Å²) in [5.74, 6) is 0.918. The van der Waals surface area contributed by atoms with Gasteiger partial charge in [-0.2, -0.15) is 0 Å². The third-order valence-electron chi connectivity index (χ3n) is 3.66. The molecule has 0 saturated heterocycles. The molecule has 0 aliphatic rings. The lowest BCUT2D eigenvalue weighted by Gasteiger charge is -2.01. The zero-order valence-corrected chi connectivity index (χ0v) is 15.7. The van der Waals surface area contributed by atoms with E-state index in [-0.39, 0.29) is 18.0 Å². The van der Waals surface area contributed by atoms with E-state index in [9.17, 15) is 20.2 Å². The molecule has 0 fully saturated rings. The van der Waals surface area contributed by atoms with Gasteiger partial charge in [0, 0.05) is 34.3 Å². The molecule has 0 saturated carbocycles. The van der Waals surface area contributed by atoms with Crippen LogP contribution >= 0.6 is 15.9 Å². The molecule has 1 aromatic heterocycles. The van der Waals surface area contributed by atoms with E-state index >= 15 is 0 Å². The number of oxime groups is 1. The van der Waals surface area contributed by atoms with Crippen LogP contribution in [0.4, 0.5) is 11.4 Å². The monoisotopic (exact) mass is 445 g/mol. The van der Waals surface area contributed by atoms with Crippen LogP contribution in [0.2, 0.25) is 0 Å². The fourth-order valence-electron chi connectivity index (χ4n) is 2.35. The summed E-state index contributed by atoms with van der Waals surface area (Å²) < 4.78 is 6.16. The molecule has 3 aromatic rings. The minimum Gasteiger partial charge on any atom is -0.455 e. The van der Waals surface area contributed by atoms with Gasteiger partial charge in [0.15, 0.2) is 0 Å². The Hall–Kier alpha value is -3.53. The number of halogens is 1. The first-order valence-corrected chi connectivity index (χ1v) is 8.66. The molecular weight excluding hydrogens is 434 g/mol. The van der Waals surface area contributed by atoms with Gasteiger partial charge in [-0.25, -0.2) is 0 Å². The van der Waals surface area contributed by atoms with Crippen molar-refractivity contribution in [1.82, 2.24) is 0 Å². The summed E-state index contributed by atoms with van der Waals surface area (Å²) in [5.41, 5.74) is 1.22. The van der Waals surface area contributed by atoms with Crippen LogP contribution in [0, 0.1) is 20.2 Å². The van der Waals surface area contributed by atoms with Gasteiger partial charge in [-0.15, -0.1) is 0 Å². The van der Waals surface area contributed by atoms with E-state index in [1.54, 1.807) is 30.3 Å². The van der Waals surface area contributed by atoms with Crippen LogP contribution in [0.3, 0.4) is 0 Å². The Kier molecular flexibility index (Phi) is 5.80. The van der Waals surface area contributed by atoms with Crippen molar-refractivity contribution in [2.75, 3.05) is 0 Å². The highest BCUT2D eigenvalue weighted by molar-refractivity contribution is 9.10. The zero-order valence-electron chi connectivity index (χ0n) is 14.1. The first-order valence-electron chi connectivity index (χ1n) is 7.87. The van der Waals surface area contributed by atoms with Gasteiger partial charge in [0.25, 0.3) is 11.4 Å². The predicted octanol–water partition coefficient (Wildman–Crippen LogP) is 5.08. The highest BCUT2D eigenvalue weighted by atomic mass is 79.9. The Labute approximate surface area is 166 Å². The molecule has 0 bridgehead atoms. The quantitative estimate of drug-likeness (QED) is 0.284. The molecule has 0 atom stereocenters. The van der Waals surface area contributed by atoms with E-state index in [2.05, 4.69) is 21.1 Å². The van der Waals surface area contributed by atoms with E-state index in [0.717, 1.165) is 0 Å². The molecule has 1 heterocycles. The smallest absolute Gasteiger partial charge is 0.270 e. The number of hydrogen-bond acceptors (Lipinski definition) is 7. The van der Waals surface area contributed by atoms with Crippen molar-refractivity contribution in [1.29, 1.82) is 0 Å². The summed E-state index contributed by atoms with van der Waals surface area (Å²) in [6.45, 7) is 0.0691. The van der Waals surface area contributed by atoms with Crippen molar-refractivity contribution < 1.29 is 19.1 Å². The standard InChI is InChI=1S/C18H12BrN3O6/c19-17-9-14(22(25)26)4-6-16(17)18-7-5-15(28-18)10-20-27-11-12-2-1-3-13(8-12)21(23)24/h1-10H,11H2/b20-10+. The van der Waals surface area contributed by atoms with Gasteiger partial charge in [-0.3, -0.25) is 20.2 Å². The molecule has 0 amide bonds. The van der Waals surface area contributed by atoms with Gasteiger partial charge < -0.3 is 9.25 Å². The number of furan rings is 1. The number of non-ortho nitro benzene ring substituents is 2. The van der Waals surface area contributed by atoms with Crippen molar-refractivity contribution in [2.45, 2.75) is 6.61 Å². The molecule has 9 nitrogen and oxygen atoms in total. The third kappa shape index (κ3) is 4.60. The third-order valence-corrected chi connectivity index (χ3v) is 4.32. The summed E-state index contributed by atoms with van der Waals surface area (Å²) in [7, 11) is 0. The second-order valence-electron chi connectivity index (χ2n) is 5.56. The van der Waals surface area contributed by atoms with Crippen molar-refractivity contribution in [3.05, 3.63) is 90.6 Å². The first-order chi connectivity index (χ1) is 13.4. The fraction of sp³-hybridized carbons (Fsp3) is 0.0556. The predicted molar refractivity (Wildman–Crippen MR) is 104 cm³/mol. The Balaban J connectivity index is 1.64. The Morgan fingerprint density at radius 2 is 1.79 bits per heavy atom. The van der Waals surface area contributed by atoms with E-state index in [4.69, 9.17) is 9.25 Å². The fourth-order valence-corrected chi connectivity index (χ4v) is 2.91. The topological polar surface area (TPSA) is 121 Å². The van der Waals surface area contributed by atoms with Gasteiger partial charge in [-0.1, -0.05) is 17.3 Å². The van der Waals surface area contributed by atoms with E-state index in [1.165, 1.54) is 30.5 Å². The summed E-state index contributed by atoms with van der Waals surface area (Å²) in [6, 6.07) is 13.8. The molecule has 0 aliphatic carbocycles. The van der Waals surface area contributed by atoms with Gasteiger partial charge in [0.05, 0.1) is 9.85 Å². The van der Waals surface area contributed by atoms with Crippen molar-refractivity contribution >= 4 is 33.5 Å². The van der Waals surface area contributed by atoms with E-state index in [1.807, 2.05) is 0 Å². The summed E-state index contributed by atoms with van der Waals surface area (Å²) in [6.07, 6.45) is 1.36. The maximum Gasteiger partial charge on any atom is 0.270 e. The molecule has 0 aliphatic heterocycles. The van der Waals surface area contributed by atoms with E-state index < -0.39 is 9.85 Å². The van der Waals surface area contributed by atoms with Gasteiger partial charge >= 0.3 is 0 Å². The van der Waals surface area contributed by atoms with Crippen LogP contribution in [-0.4, -0.2) is 16.1 Å². The Morgan fingerprint density at radius 1 is 1.04 bits per heavy atom. The van der Waals surface area contributed by atoms with Gasteiger partial charge in [0.2, 0.25) is 0 Å². The van der Waals surface area contributed by atoms with Crippen LogP contribution in [0.15, 0.2) is 68.6 Å². The summed E-state index contributed by atoms with van der Waals surface area (Å²) in [4.78, 5) is 25.7. The number of nitro benzene ring substituents is 2. The Bertz CT molecular complexity index is 1060. The number of benzene rings is 2. The molecule has 0 radical (unpaired) electrons. The van der Waals surface area contributed by atoms with Crippen LogP contribution in [0.5, 0.6) is 0 Å². The molecule has 10 heteroatoms. The maximum absolute atomic E-state index is 10.8. The first kappa shape index (κ1) is 19.2. The van der Waals surface area contributed by atoms with Crippen LogP contribution in [-0.2, 0) is 11.4 Å². The summed E-state index contributed by atoms with van der Waals surface area (Å²) in [5, 5.41) is 25.3. The largest absolute Gasteiger partial charge is 0.455 e. The van der Waals surface area contributed by atoms with Crippen LogP contribution in [0.25, 0.3) is 11.3 Å². The van der Waals surface area contributed by atoms with Crippen molar-refractivity contribution in [3.8, 4) is 11.3 Å².